The van der Waals surface area contributed by atoms with Crippen molar-refractivity contribution >= 4 is 64.3 Å². The van der Waals surface area contributed by atoms with Crippen LogP contribution in [0.3, 0.4) is 0 Å². The molecule has 0 spiro atoms. The van der Waals surface area contributed by atoms with E-state index >= 15 is 0 Å². The number of hydrogen-bond acceptors (Lipinski definition) is 15. The molecule has 67 heavy (non-hydrogen) atoms. The maximum atomic E-state index is 13.9. The molecule has 22 nitrogen and oxygen atoms in total. The van der Waals surface area contributed by atoms with Gasteiger partial charge in [-0.2, -0.15) is 11.8 Å². The number of alkyl carbamates (subject to hydrolysis) is 1. The summed E-state index contributed by atoms with van der Waals surface area (Å²) in [5, 5.41) is 70.6. The fourth-order valence-electron chi connectivity index (χ4n) is 6.26. The van der Waals surface area contributed by atoms with Crippen LogP contribution in [0.4, 0.5) is 4.79 Å². The van der Waals surface area contributed by atoms with Crippen molar-refractivity contribution in [2.45, 2.75) is 107 Å². The molecule has 0 fully saturated rings. The van der Waals surface area contributed by atoms with Gasteiger partial charge in [0.15, 0.2) is 0 Å². The summed E-state index contributed by atoms with van der Waals surface area (Å²) in [5.74, 6) is -4.95. The van der Waals surface area contributed by atoms with Gasteiger partial charge in [-0.1, -0.05) is 48.5 Å². The number of carbonyl (C=O) groups is 7. The molecule has 3 rings (SSSR count). The lowest BCUT2D eigenvalue weighted by atomic mass is 10.0. The molecular formula is C44H66N8O14S. The molecule has 0 unspecified atom stereocenters. The maximum Gasteiger partial charge on any atom is 0.407 e. The van der Waals surface area contributed by atoms with Crippen LogP contribution in [0.2, 0.25) is 0 Å². The van der Waals surface area contributed by atoms with Gasteiger partial charge in [0.2, 0.25) is 29.5 Å². The number of aliphatic hydroxyl groups is 5. The number of aromatic nitrogens is 1. The highest BCUT2D eigenvalue weighted by molar-refractivity contribution is 7.98. The highest BCUT2D eigenvalue weighted by atomic mass is 32.2. The Labute approximate surface area is 392 Å². The Kier molecular flexibility index (Phi) is 24.8. The number of carboxylic acids is 1. The number of likely N-dealkylation sites (N-methyl/N-ethyl adjacent to an activating group) is 1. The van der Waals surface area contributed by atoms with Crippen LogP contribution in [-0.4, -0.2) is 170 Å². The van der Waals surface area contributed by atoms with Crippen molar-refractivity contribution in [2.24, 2.45) is 5.73 Å². The van der Waals surface area contributed by atoms with E-state index in [1.807, 2.05) is 24.3 Å². The van der Waals surface area contributed by atoms with E-state index in [1.54, 1.807) is 70.6 Å². The smallest absolute Gasteiger partial charge is 0.407 e. The zero-order valence-corrected chi connectivity index (χ0v) is 39.0. The molecule has 0 aliphatic rings. The molecule has 0 aliphatic carbocycles. The third-order valence-electron chi connectivity index (χ3n) is 9.71. The number of carboxylic acid groups (broad SMARTS) is 1. The van der Waals surface area contributed by atoms with E-state index in [0.29, 0.717) is 16.9 Å². The number of rotatable bonds is 26. The standard InChI is InChI=1S/C37H49N7O9S.C7H17NO5/c1-37(2,3)53-36(52)39-16-14-30(45)41-28(19-23-21-40-25-13-9-8-12-24(23)25)34(50)42-26(15-17-54-4)33(49)44-29(20-31(46)47)35(51)43-27(32(38)48)18-22-10-6-5-7-11-22;1-8-2-4(10)6(12)7(13)5(11)3-9/h5-13,21,26-29,40H,14-20H2,1-4H3,(H2,38,48)(H,39,52)(H,41,45)(H,42,50)(H,43,51)(H,44,49)(H,46,47);4-13H,2-3H2,1H3/t26-,27-,28-,29-;4-,5+,6-,7+/m00/s1. The van der Waals surface area contributed by atoms with Crippen LogP contribution in [0.15, 0.2) is 60.8 Å². The number of benzene rings is 2. The highest BCUT2D eigenvalue weighted by Gasteiger charge is 2.33. The highest BCUT2D eigenvalue weighted by Crippen LogP contribution is 2.20. The minimum Gasteiger partial charge on any atom is -0.481 e. The van der Waals surface area contributed by atoms with E-state index in [9.17, 15) is 43.8 Å². The van der Waals surface area contributed by atoms with Gasteiger partial charge in [-0.25, -0.2) is 4.79 Å². The van der Waals surface area contributed by atoms with Gasteiger partial charge >= 0.3 is 12.1 Å². The number of aromatic amines is 1. The van der Waals surface area contributed by atoms with Crippen LogP contribution >= 0.6 is 11.8 Å². The van der Waals surface area contributed by atoms with Crippen molar-refractivity contribution in [1.82, 2.24) is 36.9 Å². The number of nitrogens with two attached hydrogens (primary N) is 1. The van der Waals surface area contributed by atoms with Gasteiger partial charge in [0.25, 0.3) is 0 Å². The Bertz CT molecular complexity index is 2050. The average Bonchev–Trinajstić information content (AvgIpc) is 3.68. The van der Waals surface area contributed by atoms with Gasteiger partial charge in [-0.15, -0.1) is 0 Å². The first-order valence-corrected chi connectivity index (χ1v) is 22.7. The van der Waals surface area contributed by atoms with Crippen molar-refractivity contribution in [3.63, 3.8) is 0 Å². The number of amides is 6. The lowest BCUT2D eigenvalue weighted by molar-refractivity contribution is -0.141. The second-order valence-electron chi connectivity index (χ2n) is 16.4. The Morgan fingerprint density at radius 3 is 1.96 bits per heavy atom. The van der Waals surface area contributed by atoms with E-state index in [1.165, 1.54) is 11.8 Å². The number of fused-ring (bicyclic) bond motifs is 1. The molecular weight excluding hydrogens is 897 g/mol. The van der Waals surface area contributed by atoms with E-state index in [0.717, 1.165) is 10.9 Å². The monoisotopic (exact) mass is 962 g/mol. The van der Waals surface area contributed by atoms with Crippen LogP contribution in [0, 0.1) is 0 Å². The van der Waals surface area contributed by atoms with E-state index in [4.69, 9.17) is 30.9 Å². The molecule has 23 heteroatoms. The van der Waals surface area contributed by atoms with E-state index < -0.39 is 109 Å². The first kappa shape index (κ1) is 57.3. The summed E-state index contributed by atoms with van der Waals surface area (Å²) in [7, 11) is 1.57. The number of para-hydroxylation sites is 1. The quantitative estimate of drug-likeness (QED) is 0.0420. The summed E-state index contributed by atoms with van der Waals surface area (Å²) in [5.41, 5.74) is 7.00. The Balaban J connectivity index is 0.00000103. The SMILES string of the molecule is CNC[C@H](O)[C@H](O)[C@H](O)[C@H](O)CO.CSCC[C@H](NC(=O)[C@H](Cc1c[nH]c2ccccc12)NC(=O)CCNC(=O)OC(C)(C)C)C(=O)N[C@@H](CC(=O)O)C(=O)N[C@@H](Cc1ccccc1)C(N)=O. The number of carbonyl (C=O) groups excluding carboxylic acids is 6. The summed E-state index contributed by atoms with van der Waals surface area (Å²) in [6, 6.07) is 10.8. The first-order chi connectivity index (χ1) is 31.6. The number of nitrogens with one attached hydrogen (secondary N) is 7. The normalized spacial score (nSPS) is 14.8. The molecule has 0 aliphatic heterocycles. The number of hydrogen-bond donors (Lipinski definition) is 14. The molecule has 15 N–H and O–H groups in total. The molecule has 1 aromatic heterocycles. The number of H-pyrrole nitrogens is 1. The largest absolute Gasteiger partial charge is 0.481 e. The van der Waals surface area contributed by atoms with Gasteiger partial charge in [0.1, 0.15) is 48.1 Å². The molecule has 3 aromatic rings. The maximum absolute atomic E-state index is 13.9. The molecule has 6 amide bonds. The molecule has 1 heterocycles. The van der Waals surface area contributed by atoms with Gasteiger partial charge < -0.3 is 78.0 Å². The molecule has 2 aromatic carbocycles. The molecule has 0 saturated carbocycles. The molecule has 8 atom stereocenters. The zero-order chi connectivity index (χ0) is 50.3. The Morgan fingerprint density at radius 1 is 0.776 bits per heavy atom. The Morgan fingerprint density at radius 2 is 1.36 bits per heavy atom. The second-order valence-corrected chi connectivity index (χ2v) is 17.4. The fourth-order valence-corrected chi connectivity index (χ4v) is 6.73. The number of ether oxygens (including phenoxy) is 1. The predicted octanol–water partition coefficient (Wildman–Crippen LogP) is -1.84. The molecule has 0 bridgehead atoms. The number of aliphatic carboxylic acids is 1. The van der Waals surface area contributed by atoms with E-state index in [-0.39, 0.29) is 38.8 Å². The van der Waals surface area contributed by atoms with Crippen LogP contribution in [0.1, 0.15) is 51.2 Å². The lowest BCUT2D eigenvalue weighted by Crippen LogP contribution is -2.59. The molecule has 0 radical (unpaired) electrons. The minimum atomic E-state index is -1.62. The molecule has 0 saturated heterocycles. The summed E-state index contributed by atoms with van der Waals surface area (Å²) >= 11 is 1.39. The molecule has 372 valence electrons. The average molecular weight is 963 g/mol. The van der Waals surface area contributed by atoms with Gasteiger partial charge in [-0.05, 0) is 63.4 Å². The second kappa shape index (κ2) is 29.0. The topological polar surface area (TPSA) is 364 Å². The lowest BCUT2D eigenvalue weighted by Gasteiger charge is -2.26. The van der Waals surface area contributed by atoms with Crippen molar-refractivity contribution < 1.29 is 68.9 Å². The van der Waals surface area contributed by atoms with Crippen molar-refractivity contribution in [2.75, 3.05) is 38.8 Å². The Hall–Kier alpha value is -5.82. The number of aliphatic hydroxyl groups excluding tert-OH is 5. The van der Waals surface area contributed by atoms with Crippen LogP contribution in [0.25, 0.3) is 10.9 Å². The van der Waals surface area contributed by atoms with Crippen molar-refractivity contribution in [3.05, 3.63) is 71.9 Å². The predicted molar refractivity (Wildman–Crippen MR) is 248 cm³/mol. The van der Waals surface area contributed by atoms with Gasteiger partial charge in [0, 0.05) is 49.5 Å². The summed E-state index contributed by atoms with van der Waals surface area (Å²) in [6.07, 6.45) is -3.71. The van der Waals surface area contributed by atoms with Crippen LogP contribution in [0.5, 0.6) is 0 Å². The minimum absolute atomic E-state index is 0.0257. The third kappa shape index (κ3) is 21.1. The first-order valence-electron chi connectivity index (χ1n) is 21.3. The van der Waals surface area contributed by atoms with E-state index in [2.05, 4.69) is 36.9 Å². The summed E-state index contributed by atoms with van der Waals surface area (Å²) < 4.78 is 5.20. The van der Waals surface area contributed by atoms with Crippen LogP contribution in [-0.2, 0) is 46.3 Å². The van der Waals surface area contributed by atoms with Crippen LogP contribution < -0.4 is 37.6 Å². The number of thioether (sulfide) groups is 1. The summed E-state index contributed by atoms with van der Waals surface area (Å²) in [6.45, 7) is 4.46. The fraction of sp³-hybridized carbons (Fsp3) is 0.523. The van der Waals surface area contributed by atoms with Gasteiger partial charge in [0.05, 0.1) is 19.1 Å². The third-order valence-corrected chi connectivity index (χ3v) is 10.4. The van der Waals surface area contributed by atoms with Crippen molar-refractivity contribution in [1.29, 1.82) is 0 Å². The van der Waals surface area contributed by atoms with Crippen molar-refractivity contribution in [3.8, 4) is 0 Å². The summed E-state index contributed by atoms with van der Waals surface area (Å²) in [4.78, 5) is 93.2. The van der Waals surface area contributed by atoms with Gasteiger partial charge in [-0.3, -0.25) is 28.8 Å². The zero-order valence-electron chi connectivity index (χ0n) is 38.2. The number of primary amides is 1.